The molecule has 10 heteroatoms. The maximum absolute atomic E-state index is 8.82. The lowest BCUT2D eigenvalue weighted by molar-refractivity contribution is 0.300. The van der Waals surface area contributed by atoms with Crippen molar-refractivity contribution in [2.24, 2.45) is 0 Å². The Morgan fingerprint density at radius 3 is 1.82 bits per heavy atom. The summed E-state index contributed by atoms with van der Waals surface area (Å²) in [6.45, 7) is 8.67. The first-order chi connectivity index (χ1) is 34.9. The Morgan fingerprint density at radius 1 is 0.655 bits per heavy atom. The second-order valence-electron chi connectivity index (χ2n) is 13.0. The third-order valence-electron chi connectivity index (χ3n) is 8.99. The van der Waals surface area contributed by atoms with Crippen LogP contribution in [-0.2, 0) is 32.1 Å². The van der Waals surface area contributed by atoms with Gasteiger partial charge in [-0.2, -0.15) is 0 Å². The third-order valence-corrected chi connectivity index (χ3v) is 8.99. The summed E-state index contributed by atoms with van der Waals surface area (Å²) >= 11 is 0. The smallest absolute Gasteiger partial charge is 0.151 e. The quantitative estimate of drug-likeness (QED) is 0.0922. The molecule has 8 rings (SSSR count). The van der Waals surface area contributed by atoms with Gasteiger partial charge in [0.2, 0.25) is 0 Å². The maximum atomic E-state index is 8.82. The Kier molecular flexibility index (Phi) is 7.60. The molecule has 294 valence electrons. The number of hydrogen-bond donors (Lipinski definition) is 0. The molecule has 0 amide bonds. The van der Waals surface area contributed by atoms with Crippen molar-refractivity contribution in [2.75, 3.05) is 13.2 Å². The molecular weight excluding hydrogens is 685 g/mol. The van der Waals surface area contributed by atoms with Gasteiger partial charge in [-0.25, -0.2) is 9.36 Å². The van der Waals surface area contributed by atoms with Gasteiger partial charge >= 0.3 is 0 Å². The van der Waals surface area contributed by atoms with Crippen LogP contribution in [0.5, 0.6) is 11.5 Å². The van der Waals surface area contributed by atoms with Crippen LogP contribution in [0.1, 0.15) is 179 Å². The van der Waals surface area contributed by atoms with Crippen molar-refractivity contribution in [1.82, 2.24) is 40.4 Å². The molecule has 0 saturated heterocycles. The summed E-state index contributed by atoms with van der Waals surface area (Å²) in [5, 5.41) is 21.5. The summed E-state index contributed by atoms with van der Waals surface area (Å²) in [7, 11) is 0. The first-order valence-electron chi connectivity index (χ1n) is 28.9. The molecule has 0 atom stereocenters. The van der Waals surface area contributed by atoms with E-state index in [1.807, 2.05) is 48.6 Å². The average Bonchev–Trinajstić information content (AvgIpc) is 4.02. The summed E-state index contributed by atoms with van der Waals surface area (Å²) in [4.78, 5) is 0. The second kappa shape index (κ2) is 20.4. The van der Waals surface area contributed by atoms with Gasteiger partial charge in [0.05, 0.1) is 28.0 Å². The van der Waals surface area contributed by atoms with Crippen molar-refractivity contribution in [1.29, 1.82) is 0 Å². The topological polar surface area (TPSA) is 106 Å². The highest BCUT2D eigenvalue weighted by atomic mass is 16.5. The number of rotatable bonds is 14. The van der Waals surface area contributed by atoms with E-state index >= 15 is 0 Å². The first kappa shape index (κ1) is 20.5. The molecule has 0 radical (unpaired) electrons. The van der Waals surface area contributed by atoms with Crippen molar-refractivity contribution in [2.45, 2.75) is 147 Å². The van der Waals surface area contributed by atoms with Gasteiger partial charge in [0, 0.05) is 40.3 Å². The van der Waals surface area contributed by atoms with Crippen LogP contribution in [0, 0.1) is 0 Å². The SMILES string of the molecule is C.[2H]C1([2H])C([2H])([2H])C([2H])([2H])C([2H])(n2nnnc2CCCCOc2ccc3c(c2)C=CC(=C)C3)C([2H])([2H])C1([2H])[2H].[2H]C1([2H])C([2H])([2H])C([2H])([2H])C([2H])(n2nnnc2CCCCOc2ccc3c(c2)CCC(=C)C3)C([2H])([2H])C1([2H])[2H]. The van der Waals surface area contributed by atoms with Crippen molar-refractivity contribution in [3.63, 3.8) is 0 Å². The molecular formula is C45H62N8O2. The molecule has 4 aliphatic carbocycles. The van der Waals surface area contributed by atoms with Gasteiger partial charge in [0.25, 0.3) is 0 Å². The van der Waals surface area contributed by atoms with E-state index < -0.39 is 75.8 Å². The number of ether oxygens (including phenoxy) is 2. The zero-order chi connectivity index (χ0) is 56.7. The Bertz CT molecular complexity index is 2820. The molecule has 0 N–H and O–H groups in total. The molecule has 2 aromatic heterocycles. The maximum Gasteiger partial charge on any atom is 0.151 e. The van der Waals surface area contributed by atoms with E-state index in [4.69, 9.17) is 39.6 Å². The zero-order valence-electron chi connectivity index (χ0n) is 51.9. The van der Waals surface area contributed by atoms with E-state index in [9.17, 15) is 0 Å². The number of nitrogens with zero attached hydrogens (tertiary/aromatic N) is 8. The lowest BCUT2D eigenvalue weighted by Gasteiger charge is -2.22. The van der Waals surface area contributed by atoms with Crippen LogP contribution in [0.15, 0.2) is 66.8 Å². The number of fused-ring (bicyclic) bond motifs is 2. The Balaban J connectivity index is 0.000000246. The molecule has 2 aromatic carbocycles. The highest BCUT2D eigenvalue weighted by Crippen LogP contribution is 2.31. The standard InChI is InChI=1S/C22H30N4O.C22H28N4O.CH4/c2*1-17-10-11-19-16-21(13-12-18(19)15-17)27-14-6-5-9-22-23-24-25-26(22)20-7-3-2-4-8-20;/h12-13,16,20H,1-11,14-15H2;10-13,16,20H,1-9,14-15H2;1H4/i2*2D2,3D2,4D2,7D2,8D2,20D;. The fraction of sp³-hybridized carbons (Fsp3) is 0.556. The lowest BCUT2D eigenvalue weighted by Crippen LogP contribution is -2.17. The fourth-order valence-corrected chi connectivity index (χ4v) is 6.18. The first-order valence-corrected chi connectivity index (χ1v) is 17.9. The van der Waals surface area contributed by atoms with E-state index in [0.717, 1.165) is 48.1 Å². The molecule has 4 aliphatic rings. The van der Waals surface area contributed by atoms with E-state index in [0.29, 0.717) is 54.0 Å². The van der Waals surface area contributed by atoms with E-state index in [-0.39, 0.29) is 31.9 Å². The van der Waals surface area contributed by atoms with Crippen molar-refractivity contribution >= 4 is 6.08 Å². The van der Waals surface area contributed by atoms with Crippen LogP contribution in [0.3, 0.4) is 0 Å². The van der Waals surface area contributed by atoms with Crippen LogP contribution < -0.4 is 9.47 Å². The van der Waals surface area contributed by atoms with Crippen LogP contribution in [0.2, 0.25) is 0 Å². The Labute approximate surface area is 359 Å². The summed E-state index contributed by atoms with van der Waals surface area (Å²) in [6.07, 6.45) is -26.6. The normalized spacial score (nSPS) is 33.3. The number of tetrazole rings is 2. The number of allylic oxidation sites excluding steroid dienone is 3. The van der Waals surface area contributed by atoms with Gasteiger partial charge in [-0.3, -0.25) is 0 Å². The number of aryl methyl sites for hydroxylation is 3. The predicted octanol–water partition coefficient (Wildman–Crippen LogP) is 9.97. The van der Waals surface area contributed by atoms with Crippen molar-refractivity contribution in [3.05, 3.63) is 101 Å². The minimum Gasteiger partial charge on any atom is -0.494 e. The highest BCUT2D eigenvalue weighted by molar-refractivity contribution is 5.63. The number of aromatic nitrogens is 8. The van der Waals surface area contributed by atoms with E-state index in [1.54, 1.807) is 0 Å². The van der Waals surface area contributed by atoms with Crippen LogP contribution >= 0.6 is 0 Å². The van der Waals surface area contributed by atoms with Crippen LogP contribution in [-0.4, -0.2) is 53.6 Å². The molecule has 2 fully saturated rings. The van der Waals surface area contributed by atoms with E-state index in [2.05, 4.69) is 44.2 Å². The summed E-state index contributed by atoms with van der Waals surface area (Å²) in [5.74, 6) is 1.11. The Hall–Kier alpha value is -4.60. The Morgan fingerprint density at radius 2 is 1.22 bits per heavy atom. The van der Waals surface area contributed by atoms with Gasteiger partial charge < -0.3 is 9.47 Å². The summed E-state index contributed by atoms with van der Waals surface area (Å²) in [5.41, 5.74) is 6.93. The van der Waals surface area contributed by atoms with Gasteiger partial charge in [0.1, 0.15) is 11.5 Å². The molecule has 2 heterocycles. The number of benzene rings is 2. The summed E-state index contributed by atoms with van der Waals surface area (Å²) in [6, 6.07) is 4.99. The molecule has 0 spiro atoms. The predicted molar refractivity (Wildman–Crippen MR) is 219 cm³/mol. The summed E-state index contributed by atoms with van der Waals surface area (Å²) < 4.78 is 194. The van der Waals surface area contributed by atoms with Crippen molar-refractivity contribution < 1.29 is 39.6 Å². The highest BCUT2D eigenvalue weighted by Gasteiger charge is 2.21. The zero-order valence-corrected chi connectivity index (χ0v) is 29.9. The molecule has 2 saturated carbocycles. The van der Waals surface area contributed by atoms with Gasteiger partial charge in [-0.1, -0.05) is 94.3 Å². The minimum atomic E-state index is -3.61. The molecule has 0 aliphatic heterocycles. The number of unbranched alkanes of at least 4 members (excludes halogenated alkanes) is 2. The molecule has 4 aromatic rings. The molecule has 0 bridgehead atoms. The largest absolute Gasteiger partial charge is 0.494 e. The third kappa shape index (κ3) is 11.2. The lowest BCUT2D eigenvalue weighted by atomic mass is 9.89. The second-order valence-corrected chi connectivity index (χ2v) is 13.0. The molecule has 10 nitrogen and oxygen atoms in total. The number of hydrogen-bond acceptors (Lipinski definition) is 8. The van der Waals surface area contributed by atoms with Gasteiger partial charge in [0.15, 0.2) is 11.6 Å². The van der Waals surface area contributed by atoms with Gasteiger partial charge in [-0.05, 0) is 144 Å². The van der Waals surface area contributed by atoms with Crippen LogP contribution in [0.4, 0.5) is 0 Å². The van der Waals surface area contributed by atoms with E-state index in [1.165, 1.54) is 16.7 Å². The van der Waals surface area contributed by atoms with Gasteiger partial charge in [-0.15, -0.1) is 10.2 Å². The van der Waals surface area contributed by atoms with Crippen LogP contribution in [0.25, 0.3) is 6.08 Å². The fourth-order valence-electron chi connectivity index (χ4n) is 6.18. The molecule has 55 heavy (non-hydrogen) atoms. The monoisotopic (exact) mass is 769 g/mol. The van der Waals surface area contributed by atoms with Crippen molar-refractivity contribution in [3.8, 4) is 11.5 Å². The average molecular weight is 769 g/mol. The minimum absolute atomic E-state index is 0. The molecule has 0 unspecified atom stereocenters.